The number of fused-ring (bicyclic) bond motifs is 1. The number of nitrogens with one attached hydrogen (secondary N) is 1. The average molecular weight is 441 g/mol. The minimum Gasteiger partial charge on any atom is -0.379 e. The van der Waals surface area contributed by atoms with Crippen LogP contribution in [-0.2, 0) is 4.74 Å². The van der Waals surface area contributed by atoms with Crippen LogP contribution in [-0.4, -0.2) is 61.3 Å². The Morgan fingerprint density at radius 2 is 2.06 bits per heavy atom. The summed E-state index contributed by atoms with van der Waals surface area (Å²) in [5.74, 6) is 0.208. The number of benzene rings is 1. The Hall–Kier alpha value is -2.99. The molecule has 0 saturated carbocycles. The number of rotatable bonds is 6. The van der Waals surface area contributed by atoms with E-state index in [4.69, 9.17) is 16.3 Å². The van der Waals surface area contributed by atoms with Gasteiger partial charge in [0.2, 0.25) is 0 Å². The quantitative estimate of drug-likeness (QED) is 0.624. The zero-order valence-electron chi connectivity index (χ0n) is 17.1. The molecule has 0 amide bonds. The van der Waals surface area contributed by atoms with E-state index in [-0.39, 0.29) is 5.02 Å². The van der Waals surface area contributed by atoms with Gasteiger partial charge < -0.3 is 15.0 Å². The molecule has 9 heteroatoms. The molecule has 4 rings (SSSR count). The molecule has 0 aliphatic carbocycles. The highest BCUT2D eigenvalue weighted by atomic mass is 35.5. The Bertz CT molecular complexity index is 1130. The summed E-state index contributed by atoms with van der Waals surface area (Å²) in [5.41, 5.74) is 2.39. The second-order valence-electron chi connectivity index (χ2n) is 7.26. The molecule has 1 N–H and O–H groups in total. The lowest BCUT2D eigenvalue weighted by Crippen LogP contribution is -2.39. The van der Waals surface area contributed by atoms with Crippen LogP contribution in [0.2, 0.25) is 5.02 Å². The van der Waals surface area contributed by atoms with Gasteiger partial charge in [-0.1, -0.05) is 11.6 Å². The number of halogens is 2. The summed E-state index contributed by atoms with van der Waals surface area (Å²) >= 11 is 5.97. The molecule has 31 heavy (non-hydrogen) atoms. The van der Waals surface area contributed by atoms with Crippen molar-refractivity contribution in [2.24, 2.45) is 0 Å². The van der Waals surface area contributed by atoms with Crippen molar-refractivity contribution in [3.63, 3.8) is 0 Å². The minimum absolute atomic E-state index is 0.0216. The number of hydrogen-bond acceptors (Lipinski definition) is 7. The number of nitrogens with zero attached hydrogens (tertiary/aromatic N) is 5. The summed E-state index contributed by atoms with van der Waals surface area (Å²) < 4.78 is 19.0. The molecule has 1 fully saturated rings. The van der Waals surface area contributed by atoms with Crippen molar-refractivity contribution in [1.82, 2.24) is 14.9 Å². The van der Waals surface area contributed by atoms with Crippen molar-refractivity contribution in [3.8, 4) is 6.07 Å². The molecular weight excluding hydrogens is 419 g/mol. The van der Waals surface area contributed by atoms with Gasteiger partial charge in [0.15, 0.2) is 0 Å². The molecule has 0 bridgehead atoms. The van der Waals surface area contributed by atoms with E-state index in [2.05, 4.69) is 26.3 Å². The molecule has 1 aliphatic rings. The summed E-state index contributed by atoms with van der Waals surface area (Å²) in [7, 11) is 1.81. The van der Waals surface area contributed by atoms with Gasteiger partial charge in [0.1, 0.15) is 17.7 Å². The van der Waals surface area contributed by atoms with Gasteiger partial charge in [-0.2, -0.15) is 5.26 Å². The van der Waals surface area contributed by atoms with Crippen LogP contribution < -0.4 is 10.2 Å². The molecule has 0 radical (unpaired) electrons. The lowest BCUT2D eigenvalue weighted by atomic mass is 10.1. The monoisotopic (exact) mass is 440 g/mol. The number of morpholine rings is 1. The van der Waals surface area contributed by atoms with Gasteiger partial charge in [-0.05, 0) is 24.3 Å². The number of nitriles is 1. The summed E-state index contributed by atoms with van der Waals surface area (Å²) in [6, 6.07) is 8.55. The van der Waals surface area contributed by atoms with Crippen molar-refractivity contribution < 1.29 is 9.13 Å². The first kappa shape index (κ1) is 21.2. The summed E-state index contributed by atoms with van der Waals surface area (Å²) in [5, 5.41) is 13.8. The van der Waals surface area contributed by atoms with Crippen molar-refractivity contribution in [1.29, 1.82) is 5.26 Å². The van der Waals surface area contributed by atoms with Gasteiger partial charge in [-0.25, -0.2) is 9.37 Å². The fourth-order valence-corrected chi connectivity index (χ4v) is 3.79. The highest BCUT2D eigenvalue weighted by molar-refractivity contribution is 6.31. The third-order valence-electron chi connectivity index (χ3n) is 5.31. The third kappa shape index (κ3) is 4.69. The lowest BCUT2D eigenvalue weighted by Gasteiger charge is -2.26. The Labute approximate surface area is 185 Å². The summed E-state index contributed by atoms with van der Waals surface area (Å²) in [4.78, 5) is 13.0. The Kier molecular flexibility index (Phi) is 6.47. The van der Waals surface area contributed by atoms with Crippen molar-refractivity contribution >= 4 is 39.7 Å². The van der Waals surface area contributed by atoms with Crippen LogP contribution in [0.1, 0.15) is 5.56 Å². The third-order valence-corrected chi connectivity index (χ3v) is 5.60. The average Bonchev–Trinajstić information content (AvgIpc) is 2.80. The maximum atomic E-state index is 13.6. The Morgan fingerprint density at radius 1 is 1.26 bits per heavy atom. The smallest absolute Gasteiger partial charge is 0.141 e. The molecule has 0 unspecified atom stereocenters. The molecule has 1 aromatic carbocycles. The Balaban J connectivity index is 1.63. The van der Waals surface area contributed by atoms with Crippen LogP contribution in [0.4, 0.5) is 21.6 Å². The standard InChI is InChI=1S/C22H22ClFN6O/c1-29(16-2-3-19(24)18(23)10-16)22-15(12-25)13-27-20-14-28-21(11-17(20)22)26-4-5-30-6-8-31-9-7-30/h2-3,10-11,13-14H,4-9H2,1H3,(H,26,28). The van der Waals surface area contributed by atoms with E-state index in [1.54, 1.807) is 12.3 Å². The molecule has 2 aromatic heterocycles. The van der Waals surface area contributed by atoms with Gasteiger partial charge in [-0.3, -0.25) is 9.88 Å². The second-order valence-corrected chi connectivity index (χ2v) is 7.66. The fraction of sp³-hybridized carbons (Fsp3) is 0.318. The van der Waals surface area contributed by atoms with E-state index in [0.29, 0.717) is 28.3 Å². The first-order chi connectivity index (χ1) is 15.1. The number of hydrogen-bond donors (Lipinski definition) is 1. The first-order valence-corrected chi connectivity index (χ1v) is 10.4. The molecule has 3 aromatic rings. The van der Waals surface area contributed by atoms with Gasteiger partial charge in [0.25, 0.3) is 0 Å². The van der Waals surface area contributed by atoms with Crippen LogP contribution in [0.15, 0.2) is 36.7 Å². The first-order valence-electron chi connectivity index (χ1n) is 9.98. The maximum absolute atomic E-state index is 13.6. The minimum atomic E-state index is -0.491. The van der Waals surface area contributed by atoms with Gasteiger partial charge in [0.05, 0.1) is 41.2 Å². The zero-order valence-corrected chi connectivity index (χ0v) is 17.9. The number of aromatic nitrogens is 2. The Morgan fingerprint density at radius 3 is 2.81 bits per heavy atom. The SMILES string of the molecule is CN(c1ccc(F)c(Cl)c1)c1c(C#N)cnc2cnc(NCCN3CCOCC3)cc12. The van der Waals surface area contributed by atoms with Crippen LogP contribution in [0.5, 0.6) is 0 Å². The molecule has 7 nitrogen and oxygen atoms in total. The largest absolute Gasteiger partial charge is 0.379 e. The van der Waals surface area contributed by atoms with Crippen LogP contribution in [0.3, 0.4) is 0 Å². The topological polar surface area (TPSA) is 77.3 Å². The second kappa shape index (κ2) is 9.43. The molecule has 0 spiro atoms. The fourth-order valence-electron chi connectivity index (χ4n) is 3.61. The maximum Gasteiger partial charge on any atom is 0.141 e. The predicted molar refractivity (Wildman–Crippen MR) is 119 cm³/mol. The van der Waals surface area contributed by atoms with Crippen LogP contribution in [0.25, 0.3) is 10.9 Å². The molecule has 3 heterocycles. The van der Waals surface area contributed by atoms with E-state index in [1.807, 2.05) is 18.0 Å². The summed E-state index contributed by atoms with van der Waals surface area (Å²) in [6.45, 7) is 5.01. The van der Waals surface area contributed by atoms with Gasteiger partial charge in [0, 0.05) is 50.5 Å². The van der Waals surface area contributed by atoms with Crippen LogP contribution in [0, 0.1) is 17.1 Å². The van der Waals surface area contributed by atoms with E-state index in [9.17, 15) is 9.65 Å². The van der Waals surface area contributed by atoms with Crippen molar-refractivity contribution in [3.05, 3.63) is 53.1 Å². The van der Waals surface area contributed by atoms with Crippen molar-refractivity contribution in [2.75, 3.05) is 56.7 Å². The highest BCUT2D eigenvalue weighted by Crippen LogP contribution is 2.35. The summed E-state index contributed by atoms with van der Waals surface area (Å²) in [6.07, 6.45) is 3.20. The highest BCUT2D eigenvalue weighted by Gasteiger charge is 2.17. The molecular formula is C22H22ClFN6O. The molecule has 160 valence electrons. The van der Waals surface area contributed by atoms with E-state index in [1.165, 1.54) is 18.3 Å². The molecule has 0 atom stereocenters. The van der Waals surface area contributed by atoms with E-state index >= 15 is 0 Å². The van der Waals surface area contributed by atoms with Crippen molar-refractivity contribution in [2.45, 2.75) is 0 Å². The van der Waals surface area contributed by atoms with E-state index < -0.39 is 5.82 Å². The molecule has 1 saturated heterocycles. The number of anilines is 3. The molecule has 1 aliphatic heterocycles. The van der Waals surface area contributed by atoms with Gasteiger partial charge in [-0.15, -0.1) is 0 Å². The van der Waals surface area contributed by atoms with E-state index in [0.717, 1.165) is 44.8 Å². The zero-order chi connectivity index (χ0) is 21.8. The van der Waals surface area contributed by atoms with Crippen LogP contribution >= 0.6 is 11.6 Å². The number of pyridine rings is 2. The lowest BCUT2D eigenvalue weighted by molar-refractivity contribution is 0.0398. The van der Waals surface area contributed by atoms with Gasteiger partial charge >= 0.3 is 0 Å². The normalized spacial score (nSPS) is 14.4. The number of ether oxygens (including phenoxy) is 1. The predicted octanol–water partition coefficient (Wildman–Crippen LogP) is 3.81.